The molecule has 0 aliphatic heterocycles. The summed E-state index contributed by atoms with van der Waals surface area (Å²) in [7, 11) is 0. The highest BCUT2D eigenvalue weighted by Gasteiger charge is 2.24. The number of carbonyl (C=O) groups excluding carboxylic acids is 1. The van der Waals surface area contributed by atoms with Crippen molar-refractivity contribution < 1.29 is 9.53 Å². The molecule has 3 aromatic rings. The number of ether oxygens (including phenoxy) is 1. The van der Waals surface area contributed by atoms with Crippen LogP contribution in [0.15, 0.2) is 24.3 Å². The first-order valence-electron chi connectivity index (χ1n) is 6.77. The molecule has 1 saturated carbocycles. The summed E-state index contributed by atoms with van der Waals surface area (Å²) < 4.78 is 11.5. The fourth-order valence-electron chi connectivity index (χ4n) is 2.73. The zero-order valence-corrected chi connectivity index (χ0v) is 11.6. The number of hydrogen-bond acceptors (Lipinski definition) is 5. The van der Waals surface area contributed by atoms with Gasteiger partial charge in [0, 0.05) is 11.5 Å². The Hall–Kier alpha value is -1.95. The lowest BCUT2D eigenvalue weighted by atomic mass is 10.3. The molecule has 0 unspecified atom stereocenters. The number of carbonyl (C=O) groups is 1. The van der Waals surface area contributed by atoms with Gasteiger partial charge in [0.25, 0.3) is 0 Å². The molecule has 5 nitrogen and oxygen atoms in total. The van der Waals surface area contributed by atoms with E-state index in [1.165, 1.54) is 11.5 Å². The number of hydrogen-bond donors (Lipinski definition) is 0. The third kappa shape index (κ3) is 1.79. The third-order valence-corrected chi connectivity index (χ3v) is 4.42. The van der Waals surface area contributed by atoms with Gasteiger partial charge in [0.1, 0.15) is 6.10 Å². The Balaban J connectivity index is 1.76. The average molecular weight is 287 g/mol. The van der Waals surface area contributed by atoms with Gasteiger partial charge in [-0.3, -0.25) is 4.40 Å². The van der Waals surface area contributed by atoms with Gasteiger partial charge in [-0.25, -0.2) is 9.78 Å². The minimum atomic E-state index is -0.341. The van der Waals surface area contributed by atoms with Crippen molar-refractivity contribution >= 4 is 33.5 Å². The lowest BCUT2D eigenvalue weighted by molar-refractivity contribution is 0.0303. The maximum atomic E-state index is 12.3. The molecule has 0 bridgehead atoms. The van der Waals surface area contributed by atoms with Gasteiger partial charge in [-0.15, -0.1) is 0 Å². The van der Waals surface area contributed by atoms with E-state index in [2.05, 4.69) is 9.36 Å². The molecular weight excluding hydrogens is 274 g/mol. The Labute approximate surface area is 119 Å². The molecule has 6 heteroatoms. The maximum absolute atomic E-state index is 12.3. The minimum absolute atomic E-state index is 0.0500. The zero-order chi connectivity index (χ0) is 13.5. The molecule has 102 valence electrons. The van der Waals surface area contributed by atoms with Crippen LogP contribution in [0.5, 0.6) is 0 Å². The number of nitrogens with zero attached hydrogens (tertiary/aromatic N) is 3. The highest BCUT2D eigenvalue weighted by atomic mass is 32.1. The van der Waals surface area contributed by atoms with Crippen LogP contribution in [0.1, 0.15) is 36.3 Å². The van der Waals surface area contributed by atoms with E-state index in [0.717, 1.165) is 41.7 Å². The molecule has 20 heavy (non-hydrogen) atoms. The topological polar surface area (TPSA) is 56.5 Å². The van der Waals surface area contributed by atoms with Gasteiger partial charge in [-0.1, -0.05) is 12.1 Å². The van der Waals surface area contributed by atoms with Crippen LogP contribution >= 0.6 is 11.5 Å². The smallest absolute Gasteiger partial charge is 0.376 e. The van der Waals surface area contributed by atoms with Gasteiger partial charge < -0.3 is 4.74 Å². The number of benzene rings is 1. The molecule has 1 aliphatic rings. The van der Waals surface area contributed by atoms with Crippen molar-refractivity contribution in [3.05, 3.63) is 30.1 Å². The van der Waals surface area contributed by atoms with Gasteiger partial charge >= 0.3 is 5.97 Å². The van der Waals surface area contributed by atoms with Crippen LogP contribution in [0.4, 0.5) is 0 Å². The number of fused-ring (bicyclic) bond motifs is 3. The van der Waals surface area contributed by atoms with E-state index in [9.17, 15) is 4.79 Å². The average Bonchev–Trinajstić information content (AvgIpc) is 3.13. The number of imidazole rings is 1. The Kier molecular flexibility index (Phi) is 2.70. The van der Waals surface area contributed by atoms with E-state index >= 15 is 0 Å². The molecule has 4 rings (SSSR count). The molecule has 0 saturated heterocycles. The molecule has 0 atom stereocenters. The summed E-state index contributed by atoms with van der Waals surface area (Å²) in [5.41, 5.74) is 1.77. The number of aromatic nitrogens is 3. The van der Waals surface area contributed by atoms with Crippen molar-refractivity contribution in [2.24, 2.45) is 0 Å². The van der Waals surface area contributed by atoms with E-state index < -0.39 is 0 Å². The second kappa shape index (κ2) is 4.56. The highest BCUT2D eigenvalue weighted by molar-refractivity contribution is 7.11. The standard InChI is InChI=1S/C14H13N3O2S/c18-13(19-9-5-1-2-6-9)12-16-20-14-15-10-7-3-4-8-11(10)17(12)14/h3-4,7-9H,1-2,5-6H2. The van der Waals surface area contributed by atoms with Crippen LogP contribution in [0.2, 0.25) is 0 Å². The molecule has 1 fully saturated rings. The first kappa shape index (κ1) is 11.8. The second-order valence-corrected chi connectivity index (χ2v) is 5.77. The number of esters is 1. The summed E-state index contributed by atoms with van der Waals surface area (Å²) >= 11 is 1.23. The minimum Gasteiger partial charge on any atom is -0.456 e. The zero-order valence-electron chi connectivity index (χ0n) is 10.8. The molecule has 2 aromatic heterocycles. The van der Waals surface area contributed by atoms with Crippen LogP contribution in [-0.4, -0.2) is 25.8 Å². The van der Waals surface area contributed by atoms with Gasteiger partial charge in [0.2, 0.25) is 10.8 Å². The molecule has 1 aromatic carbocycles. The van der Waals surface area contributed by atoms with Crippen molar-refractivity contribution in [1.82, 2.24) is 13.8 Å². The highest BCUT2D eigenvalue weighted by Crippen LogP contribution is 2.24. The predicted molar refractivity (Wildman–Crippen MR) is 76.0 cm³/mol. The predicted octanol–water partition coefficient (Wildman–Crippen LogP) is 3.04. The quantitative estimate of drug-likeness (QED) is 0.680. The van der Waals surface area contributed by atoms with E-state index in [-0.39, 0.29) is 12.1 Å². The van der Waals surface area contributed by atoms with E-state index in [4.69, 9.17) is 4.74 Å². The van der Waals surface area contributed by atoms with E-state index in [1.54, 1.807) is 4.40 Å². The van der Waals surface area contributed by atoms with Crippen molar-refractivity contribution in [1.29, 1.82) is 0 Å². The fourth-order valence-corrected chi connectivity index (χ4v) is 3.46. The Morgan fingerprint density at radius 1 is 1.30 bits per heavy atom. The van der Waals surface area contributed by atoms with Crippen molar-refractivity contribution in [2.75, 3.05) is 0 Å². The summed E-state index contributed by atoms with van der Waals surface area (Å²) in [6.07, 6.45) is 4.25. The molecule has 0 N–H and O–H groups in total. The molecule has 0 spiro atoms. The Morgan fingerprint density at radius 2 is 2.10 bits per heavy atom. The van der Waals surface area contributed by atoms with Gasteiger partial charge in [-0.05, 0) is 37.8 Å². The first-order chi connectivity index (χ1) is 9.83. The van der Waals surface area contributed by atoms with Crippen LogP contribution in [0.3, 0.4) is 0 Å². The lowest BCUT2D eigenvalue weighted by Gasteiger charge is -2.09. The molecule has 2 heterocycles. The van der Waals surface area contributed by atoms with E-state index in [0.29, 0.717) is 5.82 Å². The normalized spacial score (nSPS) is 16.2. The maximum Gasteiger partial charge on any atom is 0.376 e. The first-order valence-corrected chi connectivity index (χ1v) is 7.54. The fraction of sp³-hybridized carbons (Fsp3) is 0.357. The lowest BCUT2D eigenvalue weighted by Crippen LogP contribution is -2.17. The van der Waals surface area contributed by atoms with Crippen LogP contribution in [0.25, 0.3) is 16.0 Å². The van der Waals surface area contributed by atoms with Crippen LogP contribution in [-0.2, 0) is 4.74 Å². The molecule has 0 amide bonds. The second-order valence-electron chi connectivity index (χ2n) is 5.04. The Bertz CT molecular complexity index is 786. The van der Waals surface area contributed by atoms with Crippen molar-refractivity contribution in [3.63, 3.8) is 0 Å². The molecule has 1 aliphatic carbocycles. The summed E-state index contributed by atoms with van der Waals surface area (Å²) in [6.45, 7) is 0. The molecular formula is C14H13N3O2S. The van der Waals surface area contributed by atoms with Gasteiger partial charge in [0.15, 0.2) is 0 Å². The van der Waals surface area contributed by atoms with Crippen molar-refractivity contribution in [2.45, 2.75) is 31.8 Å². The van der Waals surface area contributed by atoms with Gasteiger partial charge in [-0.2, -0.15) is 4.37 Å². The van der Waals surface area contributed by atoms with E-state index in [1.807, 2.05) is 24.3 Å². The Morgan fingerprint density at radius 3 is 2.95 bits per heavy atom. The largest absolute Gasteiger partial charge is 0.456 e. The summed E-state index contributed by atoms with van der Waals surface area (Å²) in [5, 5.41) is 0. The summed E-state index contributed by atoms with van der Waals surface area (Å²) in [5.74, 6) is -0.00287. The van der Waals surface area contributed by atoms with Crippen LogP contribution in [0, 0.1) is 0 Å². The number of rotatable bonds is 2. The SMILES string of the molecule is O=C(OC1CCCC1)c1nsc2nc3ccccc3n12. The van der Waals surface area contributed by atoms with Crippen molar-refractivity contribution in [3.8, 4) is 0 Å². The van der Waals surface area contributed by atoms with Crippen LogP contribution < -0.4 is 0 Å². The summed E-state index contributed by atoms with van der Waals surface area (Å²) in [6, 6.07) is 7.74. The molecule has 0 radical (unpaired) electrons. The third-order valence-electron chi connectivity index (χ3n) is 3.71. The number of para-hydroxylation sites is 2. The monoisotopic (exact) mass is 287 g/mol. The van der Waals surface area contributed by atoms with Gasteiger partial charge in [0.05, 0.1) is 11.0 Å². The summed E-state index contributed by atoms with van der Waals surface area (Å²) in [4.78, 5) is 17.5.